The second kappa shape index (κ2) is 8.90. The largest absolute Gasteiger partial charge is 0.416 e. The average molecular weight is 453 g/mol. The Morgan fingerprint density at radius 3 is 1.50 bits per heavy atom. The van der Waals surface area contributed by atoms with Crippen molar-refractivity contribution in [1.82, 2.24) is 4.98 Å². The van der Waals surface area contributed by atoms with Crippen LogP contribution < -0.4 is 0 Å². The number of aromatic nitrogens is 1. The molecule has 0 saturated heterocycles. The number of pyridine rings is 1. The number of hydrogen-bond acceptors (Lipinski definition) is 3. The summed E-state index contributed by atoms with van der Waals surface area (Å²) in [6, 6.07) is 28.6. The molecule has 3 nitrogen and oxygen atoms in total. The van der Waals surface area contributed by atoms with Crippen molar-refractivity contribution in [2.75, 3.05) is 0 Å². The summed E-state index contributed by atoms with van der Waals surface area (Å²) < 4.78 is 40.7. The number of nitrogens with zero attached hydrogens (tertiary/aromatic N) is 3. The van der Waals surface area contributed by atoms with Crippen molar-refractivity contribution in [1.29, 1.82) is 0 Å². The summed E-state index contributed by atoms with van der Waals surface area (Å²) >= 11 is 0. The number of alkyl halides is 3. The molecule has 0 atom stereocenters. The van der Waals surface area contributed by atoms with Crippen molar-refractivity contribution in [2.24, 2.45) is 9.98 Å². The fourth-order valence-corrected chi connectivity index (χ4v) is 3.78. The summed E-state index contributed by atoms with van der Waals surface area (Å²) in [4.78, 5) is 13.2. The van der Waals surface area contributed by atoms with Crippen LogP contribution in [0.3, 0.4) is 0 Å². The molecule has 6 heteroatoms. The average Bonchev–Trinajstić information content (AvgIpc) is 2.85. The molecule has 34 heavy (non-hydrogen) atoms. The maximum absolute atomic E-state index is 13.6. The van der Waals surface area contributed by atoms with E-state index < -0.39 is 11.7 Å². The fourth-order valence-electron chi connectivity index (χ4n) is 3.78. The molecule has 0 amide bonds. The highest BCUT2D eigenvalue weighted by atomic mass is 19.4. The van der Waals surface area contributed by atoms with Crippen LogP contribution >= 0.6 is 0 Å². The Labute approximate surface area is 194 Å². The van der Waals surface area contributed by atoms with E-state index in [0.717, 1.165) is 33.7 Å². The first kappa shape index (κ1) is 21.5. The van der Waals surface area contributed by atoms with Crippen molar-refractivity contribution in [2.45, 2.75) is 6.18 Å². The predicted molar refractivity (Wildman–Crippen MR) is 132 cm³/mol. The van der Waals surface area contributed by atoms with E-state index in [0.29, 0.717) is 11.4 Å². The number of halogens is 3. The van der Waals surface area contributed by atoms with Crippen molar-refractivity contribution < 1.29 is 13.2 Å². The van der Waals surface area contributed by atoms with Gasteiger partial charge in [-0.2, -0.15) is 13.2 Å². The van der Waals surface area contributed by atoms with E-state index in [-0.39, 0.29) is 11.4 Å². The van der Waals surface area contributed by atoms with Crippen LogP contribution in [-0.4, -0.2) is 17.4 Å². The Balaban J connectivity index is 1.54. The third-order valence-corrected chi connectivity index (χ3v) is 5.40. The smallest absolute Gasteiger partial charge is 0.254 e. The SMILES string of the molecule is FC(F)(F)c1cc(C=Nc2cccc3ccccc23)nc(C=Nc2cccc3ccccc23)c1. The molecule has 0 aliphatic heterocycles. The van der Waals surface area contributed by atoms with Crippen LogP contribution in [0.1, 0.15) is 17.0 Å². The normalized spacial score (nSPS) is 12.3. The lowest BCUT2D eigenvalue weighted by atomic mass is 10.1. The molecule has 0 bridgehead atoms. The van der Waals surface area contributed by atoms with Gasteiger partial charge in [0.15, 0.2) is 0 Å². The topological polar surface area (TPSA) is 37.6 Å². The minimum Gasteiger partial charge on any atom is -0.254 e. The maximum atomic E-state index is 13.6. The van der Waals surface area contributed by atoms with E-state index in [2.05, 4.69) is 15.0 Å². The Hall–Kier alpha value is -4.32. The van der Waals surface area contributed by atoms with E-state index >= 15 is 0 Å². The molecular weight excluding hydrogens is 435 g/mol. The first-order chi connectivity index (χ1) is 16.5. The molecule has 0 aliphatic rings. The molecule has 0 spiro atoms. The Bertz CT molecular complexity index is 1430. The zero-order chi connectivity index (χ0) is 23.5. The van der Waals surface area contributed by atoms with Gasteiger partial charge < -0.3 is 0 Å². The highest BCUT2D eigenvalue weighted by Crippen LogP contribution is 2.31. The standard InChI is InChI=1S/C28H18F3N3/c29-28(30,31)21-15-22(17-32-26-13-5-9-19-7-1-3-11-24(19)26)34-23(16-21)18-33-27-14-6-10-20-8-2-4-12-25(20)27/h1-18H. The third-order valence-electron chi connectivity index (χ3n) is 5.40. The van der Waals surface area contributed by atoms with Crippen LogP contribution in [0.4, 0.5) is 24.5 Å². The summed E-state index contributed by atoms with van der Waals surface area (Å²) in [6.45, 7) is 0. The molecule has 0 aliphatic carbocycles. The van der Waals surface area contributed by atoms with Crippen LogP contribution in [0.25, 0.3) is 21.5 Å². The van der Waals surface area contributed by atoms with E-state index in [4.69, 9.17) is 0 Å². The van der Waals surface area contributed by atoms with Crippen molar-refractivity contribution in [3.8, 4) is 0 Å². The van der Waals surface area contributed by atoms with Crippen LogP contribution in [0.5, 0.6) is 0 Å². The van der Waals surface area contributed by atoms with Crippen molar-refractivity contribution >= 4 is 45.3 Å². The summed E-state index contributed by atoms with van der Waals surface area (Å²) in [5, 5.41) is 3.81. The second-order valence-corrected chi connectivity index (χ2v) is 7.72. The van der Waals surface area contributed by atoms with Gasteiger partial charge in [0.2, 0.25) is 0 Å². The lowest BCUT2D eigenvalue weighted by molar-refractivity contribution is -0.137. The van der Waals surface area contributed by atoms with Crippen LogP contribution in [-0.2, 0) is 6.18 Å². The van der Waals surface area contributed by atoms with E-state index in [1.54, 1.807) is 0 Å². The van der Waals surface area contributed by atoms with Gasteiger partial charge in [-0.15, -0.1) is 0 Å². The quantitative estimate of drug-likeness (QED) is 0.255. The lowest BCUT2D eigenvalue weighted by Gasteiger charge is -2.08. The Morgan fingerprint density at radius 2 is 1.03 bits per heavy atom. The molecule has 0 radical (unpaired) electrons. The zero-order valence-corrected chi connectivity index (χ0v) is 17.9. The number of benzene rings is 4. The van der Waals surface area contributed by atoms with Crippen LogP contribution in [0, 0.1) is 0 Å². The number of aliphatic imine (C=N–C) groups is 2. The van der Waals surface area contributed by atoms with Gasteiger partial charge in [0.25, 0.3) is 0 Å². The highest BCUT2D eigenvalue weighted by molar-refractivity contribution is 5.96. The van der Waals surface area contributed by atoms with E-state index in [1.165, 1.54) is 12.4 Å². The minimum atomic E-state index is -4.52. The molecule has 166 valence electrons. The zero-order valence-electron chi connectivity index (χ0n) is 17.9. The highest BCUT2D eigenvalue weighted by Gasteiger charge is 2.31. The molecule has 5 rings (SSSR count). The molecular formula is C28H18F3N3. The van der Waals surface area contributed by atoms with Gasteiger partial charge in [0, 0.05) is 10.8 Å². The van der Waals surface area contributed by atoms with Gasteiger partial charge in [-0.25, -0.2) is 4.98 Å². The summed E-state index contributed by atoms with van der Waals surface area (Å²) in [7, 11) is 0. The minimum absolute atomic E-state index is 0.0992. The van der Waals surface area contributed by atoms with Crippen LogP contribution in [0.2, 0.25) is 0 Å². The third kappa shape index (κ3) is 4.57. The fraction of sp³-hybridized carbons (Fsp3) is 0.0357. The molecule has 1 aromatic heterocycles. The van der Waals surface area contributed by atoms with Gasteiger partial charge in [0.05, 0.1) is 40.8 Å². The number of rotatable bonds is 4. The number of hydrogen-bond donors (Lipinski definition) is 0. The number of fused-ring (bicyclic) bond motifs is 2. The van der Waals surface area contributed by atoms with Gasteiger partial charge in [0.1, 0.15) is 0 Å². The molecule has 0 unspecified atom stereocenters. The second-order valence-electron chi connectivity index (χ2n) is 7.72. The molecule has 0 N–H and O–H groups in total. The van der Waals surface area contributed by atoms with E-state index in [1.807, 2.05) is 84.9 Å². The molecule has 0 fully saturated rings. The molecule has 4 aromatic carbocycles. The van der Waals surface area contributed by atoms with Gasteiger partial charge in [-0.3, -0.25) is 9.98 Å². The Kier molecular flexibility index (Phi) is 5.64. The predicted octanol–water partition coefficient (Wildman–Crippen LogP) is 7.91. The molecule has 0 saturated carbocycles. The van der Waals surface area contributed by atoms with Gasteiger partial charge in [-0.05, 0) is 35.0 Å². The Morgan fingerprint density at radius 1 is 0.588 bits per heavy atom. The summed E-state index contributed by atoms with van der Waals surface area (Å²) in [5.74, 6) is 0. The molecule has 1 heterocycles. The summed E-state index contributed by atoms with van der Waals surface area (Å²) in [5.41, 5.74) is 0.706. The summed E-state index contributed by atoms with van der Waals surface area (Å²) in [6.07, 6.45) is -1.81. The maximum Gasteiger partial charge on any atom is 0.416 e. The van der Waals surface area contributed by atoms with Crippen molar-refractivity contribution in [3.05, 3.63) is 114 Å². The van der Waals surface area contributed by atoms with Crippen molar-refractivity contribution in [3.63, 3.8) is 0 Å². The van der Waals surface area contributed by atoms with Gasteiger partial charge in [-0.1, -0.05) is 72.8 Å². The van der Waals surface area contributed by atoms with Gasteiger partial charge >= 0.3 is 6.18 Å². The first-order valence-electron chi connectivity index (χ1n) is 10.6. The first-order valence-corrected chi connectivity index (χ1v) is 10.6. The monoisotopic (exact) mass is 453 g/mol. The lowest BCUT2D eigenvalue weighted by Crippen LogP contribution is -2.08. The van der Waals surface area contributed by atoms with E-state index in [9.17, 15) is 13.2 Å². The van der Waals surface area contributed by atoms with Crippen LogP contribution in [0.15, 0.2) is 107 Å². The molecule has 5 aromatic rings.